The molecular weight excluding hydrogens is 360 g/mol. The Balaban J connectivity index is 1.59. The number of rotatable bonds is 5. The maximum atomic E-state index is 12.6. The van der Waals surface area contributed by atoms with Crippen LogP contribution in [0, 0.1) is 0 Å². The van der Waals surface area contributed by atoms with Gasteiger partial charge in [-0.15, -0.1) is 16.4 Å². The number of fused-ring (bicyclic) bond motifs is 1. The van der Waals surface area contributed by atoms with E-state index in [4.69, 9.17) is 0 Å². The van der Waals surface area contributed by atoms with Crippen LogP contribution in [-0.4, -0.2) is 20.9 Å². The second-order valence-electron chi connectivity index (χ2n) is 6.00. The van der Waals surface area contributed by atoms with Gasteiger partial charge in [-0.1, -0.05) is 53.7 Å². The van der Waals surface area contributed by atoms with E-state index in [1.807, 2.05) is 47.8 Å². The topological polar surface area (TPSA) is 76.9 Å². The highest BCUT2D eigenvalue weighted by atomic mass is 32.1. The van der Waals surface area contributed by atoms with Crippen LogP contribution < -0.4 is 10.9 Å². The van der Waals surface area contributed by atoms with Gasteiger partial charge in [0.2, 0.25) is 5.91 Å². The molecule has 1 N–H and O–H groups in total. The zero-order valence-electron chi connectivity index (χ0n) is 14.3. The zero-order chi connectivity index (χ0) is 18.6. The van der Waals surface area contributed by atoms with Crippen LogP contribution in [0.4, 0.5) is 0 Å². The van der Waals surface area contributed by atoms with Gasteiger partial charge in [-0.05, 0) is 29.1 Å². The summed E-state index contributed by atoms with van der Waals surface area (Å²) in [5, 5.41) is 13.3. The third-order valence-electron chi connectivity index (χ3n) is 4.19. The van der Waals surface area contributed by atoms with Gasteiger partial charge in [0.05, 0.1) is 11.4 Å². The molecule has 0 spiro atoms. The molecule has 4 rings (SSSR count). The molecule has 0 aliphatic rings. The van der Waals surface area contributed by atoms with Gasteiger partial charge in [0.1, 0.15) is 12.1 Å². The fraction of sp³-hybridized carbons (Fsp3) is 0.100. The minimum absolute atomic E-state index is 0.189. The first-order valence-corrected chi connectivity index (χ1v) is 9.30. The van der Waals surface area contributed by atoms with Crippen molar-refractivity contribution in [1.29, 1.82) is 0 Å². The Hall–Kier alpha value is -3.32. The van der Waals surface area contributed by atoms with Crippen molar-refractivity contribution in [2.24, 2.45) is 0 Å². The van der Waals surface area contributed by atoms with E-state index in [1.54, 1.807) is 35.6 Å². The predicted octanol–water partition coefficient (Wildman–Crippen LogP) is 2.76. The van der Waals surface area contributed by atoms with Crippen LogP contribution in [0.1, 0.15) is 16.5 Å². The third-order valence-corrected chi connectivity index (χ3v) is 5.13. The summed E-state index contributed by atoms with van der Waals surface area (Å²) < 4.78 is 1.09. The fourth-order valence-corrected chi connectivity index (χ4v) is 3.69. The number of nitrogens with one attached hydrogen (secondary N) is 1. The highest BCUT2D eigenvalue weighted by molar-refractivity contribution is 7.10. The van der Waals surface area contributed by atoms with Crippen molar-refractivity contribution in [3.63, 3.8) is 0 Å². The van der Waals surface area contributed by atoms with Crippen molar-refractivity contribution in [3.05, 3.63) is 92.9 Å². The Morgan fingerprint density at radius 2 is 1.81 bits per heavy atom. The van der Waals surface area contributed by atoms with Gasteiger partial charge in [0.25, 0.3) is 5.56 Å². The molecule has 0 radical (unpaired) electrons. The molecule has 0 saturated heterocycles. The van der Waals surface area contributed by atoms with E-state index in [1.165, 1.54) is 0 Å². The largest absolute Gasteiger partial charge is 0.343 e. The van der Waals surface area contributed by atoms with Crippen molar-refractivity contribution in [3.8, 4) is 0 Å². The summed E-state index contributed by atoms with van der Waals surface area (Å²) in [4.78, 5) is 26.2. The molecule has 2 aromatic carbocycles. The summed E-state index contributed by atoms with van der Waals surface area (Å²) in [5.41, 5.74) is 1.16. The summed E-state index contributed by atoms with van der Waals surface area (Å²) in [6.45, 7) is -0.189. The first kappa shape index (κ1) is 17.1. The van der Waals surface area contributed by atoms with E-state index in [0.717, 1.165) is 15.1 Å². The molecule has 2 aromatic heterocycles. The first-order chi connectivity index (χ1) is 13.2. The van der Waals surface area contributed by atoms with Gasteiger partial charge in [-0.3, -0.25) is 9.59 Å². The lowest BCUT2D eigenvalue weighted by molar-refractivity contribution is -0.122. The SMILES string of the molecule is O=C(Cn1nnc2ccccc2c1=O)N[C@H](c1ccccc1)c1cccs1. The van der Waals surface area contributed by atoms with Crippen LogP contribution in [0.2, 0.25) is 0 Å². The quantitative estimate of drug-likeness (QED) is 0.581. The number of hydrogen-bond acceptors (Lipinski definition) is 5. The zero-order valence-corrected chi connectivity index (χ0v) is 15.1. The molecule has 0 unspecified atom stereocenters. The van der Waals surface area contributed by atoms with Gasteiger partial charge in [-0.25, -0.2) is 4.68 Å². The molecule has 0 aliphatic heterocycles. The molecule has 4 aromatic rings. The van der Waals surface area contributed by atoms with Crippen molar-refractivity contribution in [2.45, 2.75) is 12.6 Å². The van der Waals surface area contributed by atoms with Gasteiger partial charge in [0.15, 0.2) is 0 Å². The van der Waals surface area contributed by atoms with Crippen molar-refractivity contribution < 1.29 is 4.79 Å². The van der Waals surface area contributed by atoms with E-state index in [-0.39, 0.29) is 24.1 Å². The van der Waals surface area contributed by atoms with Crippen molar-refractivity contribution in [2.75, 3.05) is 0 Å². The number of aromatic nitrogens is 3. The first-order valence-electron chi connectivity index (χ1n) is 8.42. The average Bonchev–Trinajstić information content (AvgIpc) is 3.24. The number of carbonyl (C=O) groups is 1. The van der Waals surface area contributed by atoms with E-state index < -0.39 is 0 Å². The molecule has 1 atom stereocenters. The predicted molar refractivity (Wildman–Crippen MR) is 105 cm³/mol. The Kier molecular flexibility index (Phi) is 4.76. The highest BCUT2D eigenvalue weighted by Gasteiger charge is 2.18. The van der Waals surface area contributed by atoms with Gasteiger partial charge in [-0.2, -0.15) is 0 Å². The Morgan fingerprint density at radius 3 is 2.59 bits per heavy atom. The summed E-state index contributed by atoms with van der Waals surface area (Å²) in [6.07, 6.45) is 0. The van der Waals surface area contributed by atoms with Gasteiger partial charge >= 0.3 is 0 Å². The molecule has 2 heterocycles. The number of thiophene rings is 1. The van der Waals surface area contributed by atoms with Crippen LogP contribution in [-0.2, 0) is 11.3 Å². The molecular formula is C20H16N4O2S. The maximum absolute atomic E-state index is 12.6. The second-order valence-corrected chi connectivity index (χ2v) is 6.98. The number of benzene rings is 2. The lowest BCUT2D eigenvalue weighted by Gasteiger charge is -2.18. The Bertz CT molecular complexity index is 1120. The smallest absolute Gasteiger partial charge is 0.278 e. The molecule has 134 valence electrons. The molecule has 0 bridgehead atoms. The minimum atomic E-state index is -0.330. The molecule has 6 nitrogen and oxygen atoms in total. The highest BCUT2D eigenvalue weighted by Crippen LogP contribution is 2.25. The fourth-order valence-electron chi connectivity index (χ4n) is 2.89. The van der Waals surface area contributed by atoms with Crippen LogP contribution in [0.5, 0.6) is 0 Å². The van der Waals surface area contributed by atoms with Crippen molar-refractivity contribution in [1.82, 2.24) is 20.3 Å². The van der Waals surface area contributed by atoms with Gasteiger partial charge in [0, 0.05) is 4.88 Å². The van der Waals surface area contributed by atoms with Gasteiger partial charge < -0.3 is 5.32 Å². The number of hydrogen-bond donors (Lipinski definition) is 1. The average molecular weight is 376 g/mol. The molecule has 27 heavy (non-hydrogen) atoms. The van der Waals surface area contributed by atoms with E-state index in [9.17, 15) is 9.59 Å². The monoisotopic (exact) mass is 376 g/mol. The lowest BCUT2D eigenvalue weighted by atomic mass is 10.1. The van der Waals surface area contributed by atoms with Crippen LogP contribution in [0.15, 0.2) is 76.9 Å². The van der Waals surface area contributed by atoms with Crippen LogP contribution >= 0.6 is 11.3 Å². The molecule has 0 saturated carbocycles. The van der Waals surface area contributed by atoms with Crippen LogP contribution in [0.25, 0.3) is 10.9 Å². The summed E-state index contributed by atoms with van der Waals surface area (Å²) >= 11 is 1.57. The Labute approximate surface area is 159 Å². The second kappa shape index (κ2) is 7.51. The van der Waals surface area contributed by atoms with Crippen molar-refractivity contribution >= 4 is 28.1 Å². The van der Waals surface area contributed by atoms with E-state index >= 15 is 0 Å². The van der Waals surface area contributed by atoms with Crippen LogP contribution in [0.3, 0.4) is 0 Å². The summed E-state index contributed by atoms with van der Waals surface area (Å²) in [5.74, 6) is -0.302. The Morgan fingerprint density at radius 1 is 1.04 bits per heavy atom. The summed E-state index contributed by atoms with van der Waals surface area (Å²) in [7, 11) is 0. The number of amides is 1. The normalized spacial score (nSPS) is 12.0. The molecule has 0 fully saturated rings. The number of nitrogens with zero attached hydrogens (tertiary/aromatic N) is 3. The maximum Gasteiger partial charge on any atom is 0.278 e. The molecule has 1 amide bonds. The standard InChI is InChI=1S/C20H16N4O2S/c25-18(13-24-20(26)15-9-4-5-10-16(15)22-23-24)21-19(17-11-6-12-27-17)14-7-2-1-3-8-14/h1-12,19H,13H2,(H,21,25)/t19-/m1/s1. The summed E-state index contributed by atoms with van der Waals surface area (Å²) in [6, 6.07) is 20.3. The third kappa shape index (κ3) is 3.63. The number of carbonyl (C=O) groups excluding carboxylic acids is 1. The minimum Gasteiger partial charge on any atom is -0.343 e. The van der Waals surface area contributed by atoms with E-state index in [2.05, 4.69) is 15.6 Å². The molecule has 7 heteroatoms. The molecule has 0 aliphatic carbocycles. The lowest BCUT2D eigenvalue weighted by Crippen LogP contribution is -2.36. The van der Waals surface area contributed by atoms with E-state index in [0.29, 0.717) is 10.9 Å².